The van der Waals surface area contributed by atoms with E-state index in [2.05, 4.69) is 5.32 Å². The highest BCUT2D eigenvalue weighted by molar-refractivity contribution is 7.80. The van der Waals surface area contributed by atoms with Crippen LogP contribution in [0.4, 0.5) is 5.69 Å². The third-order valence-electron chi connectivity index (χ3n) is 5.33. The zero-order valence-electron chi connectivity index (χ0n) is 17.6. The molecule has 2 N–H and O–H groups in total. The van der Waals surface area contributed by atoms with Crippen molar-refractivity contribution in [3.05, 3.63) is 87.7 Å². The van der Waals surface area contributed by atoms with Gasteiger partial charge in [0, 0.05) is 17.1 Å². The van der Waals surface area contributed by atoms with Gasteiger partial charge in [-0.25, -0.2) is 4.79 Å². The summed E-state index contributed by atoms with van der Waals surface area (Å²) in [4.78, 5) is 38.4. The van der Waals surface area contributed by atoms with E-state index in [-0.39, 0.29) is 21.3 Å². The minimum Gasteiger partial charge on any atom is -0.478 e. The summed E-state index contributed by atoms with van der Waals surface area (Å²) in [6, 6.07) is 15.3. The van der Waals surface area contributed by atoms with Crippen LogP contribution in [-0.2, 0) is 9.59 Å². The molecule has 0 saturated carbocycles. The second-order valence-electron chi connectivity index (χ2n) is 7.42. The van der Waals surface area contributed by atoms with Crippen LogP contribution in [0.2, 0.25) is 5.02 Å². The maximum absolute atomic E-state index is 13.2. The fourth-order valence-electron chi connectivity index (χ4n) is 3.77. The van der Waals surface area contributed by atoms with Crippen LogP contribution in [0.15, 0.2) is 60.2 Å². The first kappa shape index (κ1) is 22.4. The Morgan fingerprint density at radius 2 is 1.76 bits per heavy atom. The summed E-state index contributed by atoms with van der Waals surface area (Å²) < 4.78 is 1.87. The van der Waals surface area contributed by atoms with Gasteiger partial charge < -0.3 is 9.67 Å². The van der Waals surface area contributed by atoms with Crippen LogP contribution in [0.3, 0.4) is 0 Å². The molecule has 4 rings (SSSR count). The predicted octanol–water partition coefficient (Wildman–Crippen LogP) is 4.28. The first-order valence-electron chi connectivity index (χ1n) is 9.87. The predicted molar refractivity (Wildman–Crippen MR) is 130 cm³/mol. The lowest BCUT2D eigenvalue weighted by atomic mass is 10.1. The van der Waals surface area contributed by atoms with Gasteiger partial charge in [0.2, 0.25) is 0 Å². The molecule has 1 aliphatic rings. The van der Waals surface area contributed by atoms with E-state index in [0.29, 0.717) is 16.9 Å². The standard InChI is InChI=1S/C24H18ClN3O4S/c1-13-10-15(14(2)27(13)17-8-9-18(23(31)32)20(25)12-17)11-19-21(29)26-24(33)28(22(19)30)16-6-4-3-5-7-16/h3-12H,1-2H3,(H,31,32)(H,26,29,33). The maximum Gasteiger partial charge on any atom is 0.337 e. The average molecular weight is 480 g/mol. The Bertz CT molecular complexity index is 1360. The average Bonchev–Trinajstić information content (AvgIpc) is 3.04. The van der Waals surface area contributed by atoms with E-state index < -0.39 is 17.8 Å². The molecule has 1 saturated heterocycles. The van der Waals surface area contributed by atoms with Gasteiger partial charge in [-0.3, -0.25) is 19.8 Å². The van der Waals surface area contributed by atoms with E-state index in [4.69, 9.17) is 23.8 Å². The molecule has 0 unspecified atom stereocenters. The van der Waals surface area contributed by atoms with Gasteiger partial charge in [0.15, 0.2) is 5.11 Å². The number of benzene rings is 2. The van der Waals surface area contributed by atoms with E-state index >= 15 is 0 Å². The topological polar surface area (TPSA) is 91.6 Å². The van der Waals surface area contributed by atoms with Crippen molar-refractivity contribution in [2.45, 2.75) is 13.8 Å². The van der Waals surface area contributed by atoms with Crippen LogP contribution in [0, 0.1) is 13.8 Å². The Morgan fingerprint density at radius 1 is 1.06 bits per heavy atom. The third-order valence-corrected chi connectivity index (χ3v) is 5.92. The van der Waals surface area contributed by atoms with E-state index in [1.54, 1.807) is 36.4 Å². The summed E-state index contributed by atoms with van der Waals surface area (Å²) in [5.41, 5.74) is 3.40. The normalized spacial score (nSPS) is 15.2. The number of carbonyl (C=O) groups excluding carboxylic acids is 2. The second kappa shape index (κ2) is 8.65. The molecule has 2 aromatic carbocycles. The maximum atomic E-state index is 13.2. The number of amides is 2. The van der Waals surface area contributed by atoms with Gasteiger partial charge in [0.1, 0.15) is 5.57 Å². The van der Waals surface area contributed by atoms with E-state index in [1.807, 2.05) is 30.5 Å². The third kappa shape index (κ3) is 4.06. The van der Waals surface area contributed by atoms with E-state index in [9.17, 15) is 19.5 Å². The molecule has 1 aliphatic heterocycles. The van der Waals surface area contributed by atoms with Gasteiger partial charge in [0.25, 0.3) is 11.8 Å². The number of carboxylic acids is 1. The Balaban J connectivity index is 1.76. The van der Waals surface area contributed by atoms with Gasteiger partial charge in [-0.1, -0.05) is 29.8 Å². The summed E-state index contributed by atoms with van der Waals surface area (Å²) in [6.45, 7) is 3.70. The van der Waals surface area contributed by atoms with Crippen molar-refractivity contribution in [1.29, 1.82) is 0 Å². The van der Waals surface area contributed by atoms with Gasteiger partial charge in [-0.15, -0.1) is 0 Å². The lowest BCUT2D eigenvalue weighted by molar-refractivity contribution is -0.122. The molecule has 7 nitrogen and oxygen atoms in total. The zero-order valence-corrected chi connectivity index (χ0v) is 19.2. The van der Waals surface area contributed by atoms with Crippen molar-refractivity contribution in [2.75, 3.05) is 4.90 Å². The number of thiocarbonyl (C=S) groups is 1. The molecule has 0 spiro atoms. The quantitative estimate of drug-likeness (QED) is 0.331. The fraction of sp³-hybridized carbons (Fsp3) is 0.0833. The van der Waals surface area contributed by atoms with Crippen LogP contribution in [-0.4, -0.2) is 32.6 Å². The smallest absolute Gasteiger partial charge is 0.337 e. The minimum atomic E-state index is -1.11. The molecular formula is C24H18ClN3O4S. The number of halogens is 1. The SMILES string of the molecule is Cc1cc(C=C2C(=O)NC(=S)N(c3ccccc3)C2=O)c(C)n1-c1ccc(C(=O)O)c(Cl)c1. The second-order valence-corrected chi connectivity index (χ2v) is 8.22. The number of nitrogens with one attached hydrogen (secondary N) is 1. The molecule has 3 aromatic rings. The Kier molecular flexibility index (Phi) is 5.88. The molecule has 2 amide bonds. The van der Waals surface area contributed by atoms with Gasteiger partial charge in [0.05, 0.1) is 16.3 Å². The first-order chi connectivity index (χ1) is 15.7. The van der Waals surface area contributed by atoms with Crippen molar-refractivity contribution >= 4 is 58.5 Å². The number of anilines is 1. The summed E-state index contributed by atoms with van der Waals surface area (Å²) in [6.07, 6.45) is 1.53. The van der Waals surface area contributed by atoms with Crippen LogP contribution in [0.5, 0.6) is 0 Å². The van der Waals surface area contributed by atoms with Crippen molar-refractivity contribution in [3.8, 4) is 5.69 Å². The number of aromatic nitrogens is 1. The van der Waals surface area contributed by atoms with Crippen LogP contribution >= 0.6 is 23.8 Å². The van der Waals surface area contributed by atoms with Gasteiger partial charge in [-0.2, -0.15) is 0 Å². The molecule has 0 radical (unpaired) electrons. The minimum absolute atomic E-state index is 0.00617. The Hall–Kier alpha value is -3.75. The number of carbonyl (C=O) groups is 3. The molecule has 0 atom stereocenters. The number of carboxylic acid groups (broad SMARTS) is 1. The van der Waals surface area contributed by atoms with Crippen molar-refractivity contribution in [3.63, 3.8) is 0 Å². The van der Waals surface area contributed by atoms with Crippen LogP contribution in [0.1, 0.15) is 27.3 Å². The number of hydrogen-bond acceptors (Lipinski definition) is 4. The molecule has 9 heteroatoms. The van der Waals surface area contributed by atoms with Gasteiger partial charge in [-0.05, 0) is 74.1 Å². The lowest BCUT2D eigenvalue weighted by Gasteiger charge is -2.28. The van der Waals surface area contributed by atoms with Crippen molar-refractivity contribution < 1.29 is 19.5 Å². The molecule has 2 heterocycles. The molecule has 166 valence electrons. The summed E-state index contributed by atoms with van der Waals surface area (Å²) in [5, 5.41) is 11.9. The highest BCUT2D eigenvalue weighted by atomic mass is 35.5. The highest BCUT2D eigenvalue weighted by Gasteiger charge is 2.34. The van der Waals surface area contributed by atoms with Gasteiger partial charge >= 0.3 is 5.97 Å². The van der Waals surface area contributed by atoms with Crippen molar-refractivity contribution in [2.24, 2.45) is 0 Å². The molecule has 33 heavy (non-hydrogen) atoms. The fourth-order valence-corrected chi connectivity index (χ4v) is 4.31. The highest BCUT2D eigenvalue weighted by Crippen LogP contribution is 2.28. The number of nitrogens with zero attached hydrogens (tertiary/aromatic N) is 2. The largest absolute Gasteiger partial charge is 0.478 e. The van der Waals surface area contributed by atoms with E-state index in [1.165, 1.54) is 17.0 Å². The summed E-state index contributed by atoms with van der Waals surface area (Å²) in [5.74, 6) is -2.20. The monoisotopic (exact) mass is 479 g/mol. The van der Waals surface area contributed by atoms with Crippen LogP contribution in [0.25, 0.3) is 11.8 Å². The Labute approximate surface area is 199 Å². The van der Waals surface area contributed by atoms with Crippen LogP contribution < -0.4 is 10.2 Å². The molecule has 1 aromatic heterocycles. The molecule has 0 aliphatic carbocycles. The number of aromatic carboxylic acids is 1. The molecule has 0 bridgehead atoms. The first-order valence-corrected chi connectivity index (χ1v) is 10.7. The molecule has 1 fully saturated rings. The summed E-state index contributed by atoms with van der Waals surface area (Å²) in [7, 11) is 0. The molecular weight excluding hydrogens is 462 g/mol. The number of rotatable bonds is 4. The Morgan fingerprint density at radius 3 is 2.39 bits per heavy atom. The summed E-state index contributed by atoms with van der Waals surface area (Å²) >= 11 is 11.4. The lowest BCUT2D eigenvalue weighted by Crippen LogP contribution is -2.54. The number of hydrogen-bond donors (Lipinski definition) is 2. The number of para-hydroxylation sites is 1. The number of aryl methyl sites for hydroxylation is 1. The van der Waals surface area contributed by atoms with E-state index in [0.717, 1.165) is 11.4 Å². The van der Waals surface area contributed by atoms with Crippen molar-refractivity contribution in [1.82, 2.24) is 9.88 Å². The zero-order chi connectivity index (χ0) is 23.9.